The first-order chi connectivity index (χ1) is 8.79. The average Bonchev–Trinajstić information content (AvgIpc) is 2.92. The highest BCUT2D eigenvalue weighted by Gasteiger charge is 2.21. The van der Waals surface area contributed by atoms with Crippen molar-refractivity contribution in [3.05, 3.63) is 35.4 Å². The van der Waals surface area contributed by atoms with Crippen molar-refractivity contribution in [2.45, 2.75) is 32.5 Å². The minimum absolute atomic E-state index is 0.520. The van der Waals surface area contributed by atoms with Crippen LogP contribution < -0.4 is 5.32 Å². The first kappa shape index (κ1) is 13.5. The van der Waals surface area contributed by atoms with Crippen molar-refractivity contribution in [3.63, 3.8) is 0 Å². The fraction of sp³-hybridized carbons (Fsp3) is 0.600. The molecule has 1 saturated heterocycles. The first-order valence-electron chi connectivity index (χ1n) is 6.67. The maximum absolute atomic E-state index is 5.42. The second-order valence-electron chi connectivity index (χ2n) is 5.04. The molecule has 2 atom stereocenters. The van der Waals surface area contributed by atoms with E-state index in [2.05, 4.69) is 36.5 Å². The van der Waals surface area contributed by atoms with E-state index >= 15 is 0 Å². The molecular formula is C15H23NO2. The third-order valence-electron chi connectivity index (χ3n) is 3.63. The topological polar surface area (TPSA) is 30.5 Å². The monoisotopic (exact) mass is 249 g/mol. The Kier molecular flexibility index (Phi) is 5.17. The van der Waals surface area contributed by atoms with Crippen LogP contribution in [0.15, 0.2) is 24.3 Å². The minimum atomic E-state index is 0.520. The van der Waals surface area contributed by atoms with Crippen LogP contribution in [0.4, 0.5) is 0 Å². The molecule has 1 N–H and O–H groups in total. The summed E-state index contributed by atoms with van der Waals surface area (Å²) in [5, 5.41) is 3.58. The van der Waals surface area contributed by atoms with Gasteiger partial charge in [-0.15, -0.1) is 0 Å². The van der Waals surface area contributed by atoms with Gasteiger partial charge >= 0.3 is 0 Å². The largest absolute Gasteiger partial charge is 0.381 e. The van der Waals surface area contributed by atoms with Crippen molar-refractivity contribution in [3.8, 4) is 0 Å². The molecule has 1 aromatic carbocycles. The lowest BCUT2D eigenvalue weighted by molar-refractivity contribution is 0.178. The van der Waals surface area contributed by atoms with Gasteiger partial charge in [-0.1, -0.05) is 24.3 Å². The fourth-order valence-electron chi connectivity index (χ4n) is 2.31. The molecular weight excluding hydrogens is 226 g/mol. The molecule has 18 heavy (non-hydrogen) atoms. The quantitative estimate of drug-likeness (QED) is 0.839. The zero-order valence-electron chi connectivity index (χ0n) is 11.3. The van der Waals surface area contributed by atoms with Gasteiger partial charge in [-0.3, -0.25) is 0 Å². The molecule has 0 spiro atoms. The number of methoxy groups -OCH3 is 1. The Balaban J connectivity index is 1.78. The molecule has 1 aromatic rings. The molecule has 3 nitrogen and oxygen atoms in total. The maximum Gasteiger partial charge on any atom is 0.0713 e. The summed E-state index contributed by atoms with van der Waals surface area (Å²) >= 11 is 0. The lowest BCUT2D eigenvalue weighted by Crippen LogP contribution is -2.33. The fourth-order valence-corrected chi connectivity index (χ4v) is 2.31. The number of nitrogens with one attached hydrogen (secondary N) is 1. The van der Waals surface area contributed by atoms with E-state index in [1.807, 2.05) is 0 Å². The van der Waals surface area contributed by atoms with E-state index < -0.39 is 0 Å². The first-order valence-corrected chi connectivity index (χ1v) is 6.67. The number of rotatable bonds is 6. The van der Waals surface area contributed by atoms with E-state index in [1.165, 1.54) is 17.5 Å². The number of ether oxygens (including phenoxy) is 2. The highest BCUT2D eigenvalue weighted by Crippen LogP contribution is 2.16. The van der Waals surface area contributed by atoms with Gasteiger partial charge in [0.2, 0.25) is 0 Å². The molecule has 0 amide bonds. The predicted molar refractivity (Wildman–Crippen MR) is 72.4 cm³/mol. The summed E-state index contributed by atoms with van der Waals surface area (Å²) in [4.78, 5) is 0. The number of hydrogen-bond donors (Lipinski definition) is 1. The second-order valence-corrected chi connectivity index (χ2v) is 5.04. The molecule has 2 unspecified atom stereocenters. The maximum atomic E-state index is 5.42. The summed E-state index contributed by atoms with van der Waals surface area (Å²) in [6.07, 6.45) is 1.18. The highest BCUT2D eigenvalue weighted by molar-refractivity contribution is 5.21. The normalized spacial score (nSPS) is 21.1. The van der Waals surface area contributed by atoms with Crippen LogP contribution in [0.2, 0.25) is 0 Å². The predicted octanol–water partition coefficient (Wildman–Crippen LogP) is 2.35. The van der Waals surface area contributed by atoms with Crippen LogP contribution in [0.25, 0.3) is 0 Å². The van der Waals surface area contributed by atoms with Crippen LogP contribution in [0.1, 0.15) is 24.5 Å². The van der Waals surface area contributed by atoms with E-state index in [0.29, 0.717) is 18.6 Å². The minimum Gasteiger partial charge on any atom is -0.381 e. The van der Waals surface area contributed by atoms with Gasteiger partial charge < -0.3 is 14.8 Å². The second kappa shape index (κ2) is 6.88. The summed E-state index contributed by atoms with van der Waals surface area (Å²) in [6.45, 7) is 5.68. The van der Waals surface area contributed by atoms with Crippen LogP contribution in [0.5, 0.6) is 0 Å². The molecule has 1 aliphatic rings. The van der Waals surface area contributed by atoms with Crippen LogP contribution >= 0.6 is 0 Å². The molecule has 0 radical (unpaired) electrons. The van der Waals surface area contributed by atoms with Crippen molar-refractivity contribution in [1.29, 1.82) is 0 Å². The summed E-state index contributed by atoms with van der Waals surface area (Å²) < 4.78 is 10.5. The Bertz CT molecular complexity index is 344. The molecule has 100 valence electrons. The van der Waals surface area contributed by atoms with Gasteiger partial charge in [0.15, 0.2) is 0 Å². The molecule has 1 heterocycles. The third kappa shape index (κ3) is 3.80. The Labute approximate surface area is 109 Å². The Morgan fingerprint density at radius 1 is 1.33 bits per heavy atom. The van der Waals surface area contributed by atoms with Gasteiger partial charge in [0.05, 0.1) is 13.2 Å². The van der Waals surface area contributed by atoms with Gasteiger partial charge in [-0.25, -0.2) is 0 Å². The zero-order valence-corrected chi connectivity index (χ0v) is 11.3. The van der Waals surface area contributed by atoms with Crippen LogP contribution in [-0.4, -0.2) is 26.4 Å². The molecule has 0 aliphatic carbocycles. The van der Waals surface area contributed by atoms with Crippen molar-refractivity contribution in [1.82, 2.24) is 5.32 Å². The summed E-state index contributed by atoms with van der Waals surface area (Å²) in [7, 11) is 1.72. The van der Waals surface area contributed by atoms with Crippen molar-refractivity contribution in [2.75, 3.05) is 20.3 Å². The molecule has 0 saturated carbocycles. The van der Waals surface area contributed by atoms with E-state index in [-0.39, 0.29) is 0 Å². The van der Waals surface area contributed by atoms with Crippen LogP contribution in [0, 0.1) is 5.92 Å². The SMILES string of the molecule is COCc1ccc(CNC(C)C2CCOC2)cc1. The smallest absolute Gasteiger partial charge is 0.0713 e. The van der Waals surface area contributed by atoms with Gasteiger partial charge in [0.25, 0.3) is 0 Å². The molecule has 1 aliphatic heterocycles. The molecule has 1 fully saturated rings. The number of hydrogen-bond acceptors (Lipinski definition) is 3. The lowest BCUT2D eigenvalue weighted by Gasteiger charge is -2.19. The third-order valence-corrected chi connectivity index (χ3v) is 3.63. The number of benzene rings is 1. The standard InChI is InChI=1S/C15H23NO2/c1-12(15-7-8-18-11-15)16-9-13-3-5-14(6-4-13)10-17-2/h3-6,12,15-16H,7-11H2,1-2H3. The summed E-state index contributed by atoms with van der Waals surface area (Å²) in [6, 6.07) is 9.11. The summed E-state index contributed by atoms with van der Waals surface area (Å²) in [5.41, 5.74) is 2.54. The van der Waals surface area contributed by atoms with Crippen molar-refractivity contribution in [2.24, 2.45) is 5.92 Å². The van der Waals surface area contributed by atoms with Crippen molar-refractivity contribution < 1.29 is 9.47 Å². The summed E-state index contributed by atoms with van der Waals surface area (Å²) in [5.74, 6) is 0.665. The molecule has 0 aromatic heterocycles. The Morgan fingerprint density at radius 3 is 2.67 bits per heavy atom. The van der Waals surface area contributed by atoms with Gasteiger partial charge in [-0.2, -0.15) is 0 Å². The molecule has 3 heteroatoms. The average molecular weight is 249 g/mol. The van der Waals surface area contributed by atoms with E-state index in [1.54, 1.807) is 7.11 Å². The van der Waals surface area contributed by atoms with Gasteiger partial charge in [0, 0.05) is 26.3 Å². The lowest BCUT2D eigenvalue weighted by atomic mass is 10.0. The van der Waals surface area contributed by atoms with Crippen LogP contribution in [-0.2, 0) is 22.6 Å². The highest BCUT2D eigenvalue weighted by atomic mass is 16.5. The Morgan fingerprint density at radius 2 is 2.06 bits per heavy atom. The van der Waals surface area contributed by atoms with E-state index in [4.69, 9.17) is 9.47 Å². The van der Waals surface area contributed by atoms with Crippen molar-refractivity contribution >= 4 is 0 Å². The molecule has 0 bridgehead atoms. The van der Waals surface area contributed by atoms with E-state index in [9.17, 15) is 0 Å². The Hall–Kier alpha value is -0.900. The zero-order chi connectivity index (χ0) is 12.8. The van der Waals surface area contributed by atoms with E-state index in [0.717, 1.165) is 19.8 Å². The van der Waals surface area contributed by atoms with Gasteiger partial charge in [-0.05, 0) is 30.4 Å². The van der Waals surface area contributed by atoms with Crippen LogP contribution in [0.3, 0.4) is 0 Å². The molecule has 2 rings (SSSR count). The van der Waals surface area contributed by atoms with Gasteiger partial charge in [0.1, 0.15) is 0 Å².